The number of hydrogen-bond donors (Lipinski definition) is 0. The van der Waals surface area contributed by atoms with Crippen LogP contribution in [-0.4, -0.2) is 36.9 Å². The van der Waals surface area contributed by atoms with Gasteiger partial charge in [0, 0.05) is 0 Å². The Balaban J connectivity index is 4.32. The second-order valence-corrected chi connectivity index (χ2v) is 3.40. The summed E-state index contributed by atoms with van der Waals surface area (Å²) in [5.74, 6) is -1.34. The molecule has 0 rings (SSSR count). The standard InChI is InChI=1S/C11H17NO4S/c1-3-15-10(13)7-9(5-6-12-8-17)11(14)16-4-2/h9H,3-7H2,1-2H3. The molecule has 0 aliphatic heterocycles. The van der Waals surface area contributed by atoms with E-state index in [4.69, 9.17) is 9.47 Å². The Morgan fingerprint density at radius 2 is 1.94 bits per heavy atom. The first-order chi connectivity index (χ1) is 8.15. The molecule has 1 unspecified atom stereocenters. The van der Waals surface area contributed by atoms with Crippen LogP contribution in [-0.2, 0) is 19.1 Å². The number of aliphatic imine (C=N–C) groups is 1. The Morgan fingerprint density at radius 1 is 1.29 bits per heavy atom. The first-order valence-corrected chi connectivity index (χ1v) is 5.92. The van der Waals surface area contributed by atoms with E-state index in [1.807, 2.05) is 0 Å². The predicted octanol–water partition coefficient (Wildman–Crippen LogP) is 1.61. The minimum absolute atomic E-state index is 0.0135. The number of esters is 2. The number of isothiocyanates is 1. The van der Waals surface area contributed by atoms with Crippen molar-refractivity contribution in [1.82, 2.24) is 0 Å². The number of hydrogen-bond acceptors (Lipinski definition) is 6. The van der Waals surface area contributed by atoms with Crippen molar-refractivity contribution in [2.24, 2.45) is 10.9 Å². The Hall–Kier alpha value is -1.26. The zero-order valence-corrected chi connectivity index (χ0v) is 10.9. The topological polar surface area (TPSA) is 65.0 Å². The third-order valence-electron chi connectivity index (χ3n) is 1.99. The van der Waals surface area contributed by atoms with Gasteiger partial charge in [-0.15, -0.1) is 0 Å². The molecule has 0 spiro atoms. The highest BCUT2D eigenvalue weighted by Gasteiger charge is 2.23. The third kappa shape index (κ3) is 7.60. The molecule has 0 amide bonds. The third-order valence-corrected chi connectivity index (χ3v) is 2.12. The number of carbonyl (C=O) groups excluding carboxylic acids is 2. The minimum atomic E-state index is -0.527. The second-order valence-electron chi connectivity index (χ2n) is 3.22. The molecule has 0 bridgehead atoms. The molecule has 0 aromatic rings. The number of nitrogens with zero attached hydrogens (tertiary/aromatic N) is 1. The normalized spacial score (nSPS) is 11.2. The van der Waals surface area contributed by atoms with Crippen molar-refractivity contribution in [3.8, 4) is 0 Å². The number of carbonyl (C=O) groups is 2. The smallest absolute Gasteiger partial charge is 0.309 e. The zero-order valence-electron chi connectivity index (χ0n) is 10.1. The van der Waals surface area contributed by atoms with Gasteiger partial charge >= 0.3 is 11.9 Å². The van der Waals surface area contributed by atoms with Crippen molar-refractivity contribution in [2.75, 3.05) is 19.8 Å². The molecule has 0 radical (unpaired) electrons. The molecule has 0 N–H and O–H groups in total. The summed E-state index contributed by atoms with van der Waals surface area (Å²) in [5, 5.41) is 2.21. The highest BCUT2D eigenvalue weighted by Crippen LogP contribution is 2.12. The van der Waals surface area contributed by atoms with Crippen LogP contribution < -0.4 is 0 Å². The van der Waals surface area contributed by atoms with Crippen LogP contribution in [0.3, 0.4) is 0 Å². The van der Waals surface area contributed by atoms with Crippen LogP contribution >= 0.6 is 12.2 Å². The first-order valence-electron chi connectivity index (χ1n) is 5.51. The van der Waals surface area contributed by atoms with E-state index in [1.165, 1.54) is 0 Å². The summed E-state index contributed by atoms with van der Waals surface area (Å²) in [7, 11) is 0. The van der Waals surface area contributed by atoms with E-state index in [0.717, 1.165) is 0 Å². The van der Waals surface area contributed by atoms with Crippen LogP contribution in [0.15, 0.2) is 4.99 Å². The highest BCUT2D eigenvalue weighted by molar-refractivity contribution is 7.78. The van der Waals surface area contributed by atoms with Gasteiger partial charge in [-0.3, -0.25) is 9.59 Å². The van der Waals surface area contributed by atoms with Crippen LogP contribution in [0.5, 0.6) is 0 Å². The summed E-state index contributed by atoms with van der Waals surface area (Å²) in [6, 6.07) is 0. The van der Waals surface area contributed by atoms with Crippen molar-refractivity contribution in [1.29, 1.82) is 0 Å². The fourth-order valence-corrected chi connectivity index (χ4v) is 1.34. The minimum Gasteiger partial charge on any atom is -0.466 e. The van der Waals surface area contributed by atoms with Crippen molar-refractivity contribution in [3.63, 3.8) is 0 Å². The van der Waals surface area contributed by atoms with Gasteiger partial charge in [-0.25, -0.2) is 4.99 Å². The van der Waals surface area contributed by atoms with E-state index >= 15 is 0 Å². The first kappa shape index (κ1) is 15.7. The lowest BCUT2D eigenvalue weighted by Gasteiger charge is -2.13. The molecule has 0 heterocycles. The molecule has 0 aromatic carbocycles. The Bertz CT molecular complexity index is 300. The van der Waals surface area contributed by atoms with E-state index in [2.05, 4.69) is 22.4 Å². The molecule has 0 fully saturated rings. The van der Waals surface area contributed by atoms with Crippen LogP contribution in [0.2, 0.25) is 0 Å². The molecule has 0 aliphatic rings. The summed E-state index contributed by atoms with van der Waals surface area (Å²) >= 11 is 4.43. The molecule has 0 saturated carbocycles. The highest BCUT2D eigenvalue weighted by atomic mass is 32.1. The van der Waals surface area contributed by atoms with Gasteiger partial charge in [0.2, 0.25) is 0 Å². The van der Waals surface area contributed by atoms with Crippen LogP contribution in [0, 0.1) is 5.92 Å². The predicted molar refractivity (Wildman–Crippen MR) is 65.9 cm³/mol. The maximum Gasteiger partial charge on any atom is 0.309 e. The van der Waals surface area contributed by atoms with Crippen molar-refractivity contribution in [3.05, 3.63) is 0 Å². The Labute approximate surface area is 106 Å². The van der Waals surface area contributed by atoms with Crippen molar-refractivity contribution < 1.29 is 19.1 Å². The van der Waals surface area contributed by atoms with E-state index in [9.17, 15) is 9.59 Å². The van der Waals surface area contributed by atoms with E-state index < -0.39 is 17.9 Å². The summed E-state index contributed by atoms with van der Waals surface area (Å²) in [6.07, 6.45) is 0.418. The molecule has 1 atom stereocenters. The van der Waals surface area contributed by atoms with Crippen molar-refractivity contribution in [2.45, 2.75) is 26.7 Å². The summed E-state index contributed by atoms with van der Waals surface area (Å²) in [4.78, 5) is 26.6. The average Bonchev–Trinajstić information content (AvgIpc) is 2.28. The molecular formula is C11H17NO4S. The lowest BCUT2D eigenvalue weighted by molar-refractivity contribution is -0.154. The maximum absolute atomic E-state index is 11.6. The quantitative estimate of drug-likeness (QED) is 0.376. The van der Waals surface area contributed by atoms with E-state index in [0.29, 0.717) is 19.6 Å². The van der Waals surface area contributed by atoms with Gasteiger partial charge < -0.3 is 9.47 Å². The summed E-state index contributed by atoms with van der Waals surface area (Å²) in [5.41, 5.74) is 0. The van der Waals surface area contributed by atoms with E-state index in [1.54, 1.807) is 13.8 Å². The molecular weight excluding hydrogens is 242 g/mol. The Kier molecular flexibility index (Phi) is 9.19. The molecule has 0 aromatic heterocycles. The van der Waals surface area contributed by atoms with Crippen molar-refractivity contribution >= 4 is 29.3 Å². The largest absolute Gasteiger partial charge is 0.466 e. The molecule has 6 heteroatoms. The molecule has 17 heavy (non-hydrogen) atoms. The van der Waals surface area contributed by atoms with Gasteiger partial charge in [0.15, 0.2) is 0 Å². The fourth-order valence-electron chi connectivity index (χ4n) is 1.25. The van der Waals surface area contributed by atoms with Gasteiger partial charge in [0.25, 0.3) is 0 Å². The second kappa shape index (κ2) is 9.93. The summed E-state index contributed by atoms with van der Waals surface area (Å²) in [6.45, 7) is 4.37. The average molecular weight is 259 g/mol. The zero-order chi connectivity index (χ0) is 13.1. The van der Waals surface area contributed by atoms with Gasteiger partial charge in [-0.1, -0.05) is 0 Å². The van der Waals surface area contributed by atoms with Crippen LogP contribution in [0.1, 0.15) is 26.7 Å². The summed E-state index contributed by atoms with van der Waals surface area (Å²) < 4.78 is 9.67. The number of rotatable bonds is 8. The SMILES string of the molecule is CCOC(=O)CC(CCN=C=S)C(=O)OCC. The van der Waals surface area contributed by atoms with Gasteiger partial charge in [0.1, 0.15) is 0 Å². The molecule has 0 aliphatic carbocycles. The lowest BCUT2D eigenvalue weighted by atomic mass is 10.0. The number of ether oxygens (including phenoxy) is 2. The number of thiocarbonyl (C=S) groups is 1. The van der Waals surface area contributed by atoms with Gasteiger partial charge in [-0.05, 0) is 32.5 Å². The lowest BCUT2D eigenvalue weighted by Crippen LogP contribution is -2.23. The Morgan fingerprint density at radius 3 is 2.47 bits per heavy atom. The maximum atomic E-state index is 11.6. The molecule has 96 valence electrons. The van der Waals surface area contributed by atoms with Gasteiger partial charge in [0.05, 0.1) is 37.3 Å². The monoisotopic (exact) mass is 259 g/mol. The molecule has 5 nitrogen and oxygen atoms in total. The van der Waals surface area contributed by atoms with E-state index in [-0.39, 0.29) is 13.0 Å². The van der Waals surface area contributed by atoms with Crippen LogP contribution in [0.25, 0.3) is 0 Å². The fraction of sp³-hybridized carbons (Fsp3) is 0.727. The molecule has 0 saturated heterocycles. The van der Waals surface area contributed by atoms with Crippen LogP contribution in [0.4, 0.5) is 0 Å². The van der Waals surface area contributed by atoms with Gasteiger partial charge in [-0.2, -0.15) is 0 Å².